The fourth-order valence-corrected chi connectivity index (χ4v) is 4.74. The van der Waals surface area contributed by atoms with Crippen LogP contribution in [-0.4, -0.2) is 18.1 Å². The second-order valence-corrected chi connectivity index (χ2v) is 9.06. The summed E-state index contributed by atoms with van der Waals surface area (Å²) in [6.07, 6.45) is 3.71. The van der Waals surface area contributed by atoms with Gasteiger partial charge in [-0.2, -0.15) is 13.9 Å². The highest BCUT2D eigenvalue weighted by molar-refractivity contribution is 7.52. The first-order valence-corrected chi connectivity index (χ1v) is 11.7. The summed E-state index contributed by atoms with van der Waals surface area (Å²) in [5.74, 6) is -14.5. The van der Waals surface area contributed by atoms with Gasteiger partial charge in [0, 0.05) is 0 Å². The molecule has 1 unspecified atom stereocenters. The standard InChI is InChI=1S/C21H21F5NO5P/c1-12(21(28)30-13-8-4-2-5-9-13)27-33(29,31-14-10-6-3-7-11-14)32-20-18(25)16(23)15(22)17(24)19(20)26/h3,6-7,10-13H,2,4-5,8-9H2,1H3,(H,27,29)/t12-,33?/m0/s1. The summed E-state index contributed by atoms with van der Waals surface area (Å²) < 4.78 is 97.4. The van der Waals surface area contributed by atoms with E-state index in [1.165, 1.54) is 31.2 Å². The maximum absolute atomic E-state index is 14.1. The van der Waals surface area contributed by atoms with Gasteiger partial charge in [-0.25, -0.2) is 17.7 Å². The van der Waals surface area contributed by atoms with Crippen molar-refractivity contribution < 1.29 is 45.1 Å². The minimum absolute atomic E-state index is 0.120. The normalized spacial score (nSPS) is 17.2. The Labute approximate surface area is 186 Å². The van der Waals surface area contributed by atoms with Gasteiger partial charge in [-0.3, -0.25) is 4.79 Å². The van der Waals surface area contributed by atoms with Gasteiger partial charge in [0.2, 0.25) is 34.8 Å². The molecule has 2 aromatic carbocycles. The first kappa shape index (κ1) is 25.0. The van der Waals surface area contributed by atoms with E-state index < -0.39 is 54.6 Å². The van der Waals surface area contributed by atoms with Crippen LogP contribution in [0.15, 0.2) is 30.3 Å². The third-order valence-electron chi connectivity index (χ3n) is 4.89. The number of hydrogen-bond acceptors (Lipinski definition) is 5. The molecule has 1 saturated carbocycles. The molecule has 3 rings (SSSR count). The second-order valence-electron chi connectivity index (χ2n) is 7.44. The molecule has 33 heavy (non-hydrogen) atoms. The predicted octanol–water partition coefficient (Wildman–Crippen LogP) is 5.80. The summed E-state index contributed by atoms with van der Waals surface area (Å²) >= 11 is 0. The van der Waals surface area contributed by atoms with E-state index >= 15 is 0 Å². The summed E-state index contributed by atoms with van der Waals surface area (Å²) in [5, 5.41) is 2.15. The van der Waals surface area contributed by atoms with Crippen LogP contribution in [-0.2, 0) is 14.1 Å². The molecule has 2 atom stereocenters. The van der Waals surface area contributed by atoms with Gasteiger partial charge < -0.3 is 13.8 Å². The molecule has 0 spiro atoms. The van der Waals surface area contributed by atoms with Crippen LogP contribution in [0, 0.1) is 29.1 Å². The van der Waals surface area contributed by atoms with Gasteiger partial charge in [-0.05, 0) is 44.7 Å². The molecule has 180 valence electrons. The number of carbonyl (C=O) groups is 1. The Kier molecular flexibility index (Phi) is 7.97. The average molecular weight is 493 g/mol. The summed E-state index contributed by atoms with van der Waals surface area (Å²) in [6.45, 7) is 1.23. The van der Waals surface area contributed by atoms with Crippen molar-refractivity contribution in [3.05, 3.63) is 59.4 Å². The molecule has 1 aliphatic rings. The Morgan fingerprint density at radius 2 is 1.45 bits per heavy atom. The van der Waals surface area contributed by atoms with Crippen LogP contribution in [0.4, 0.5) is 22.0 Å². The van der Waals surface area contributed by atoms with Crippen molar-refractivity contribution in [2.45, 2.75) is 51.2 Å². The molecule has 1 N–H and O–H groups in total. The average Bonchev–Trinajstić information content (AvgIpc) is 2.80. The number of esters is 1. The van der Waals surface area contributed by atoms with Gasteiger partial charge in [0.15, 0.2) is 0 Å². The van der Waals surface area contributed by atoms with Gasteiger partial charge >= 0.3 is 13.7 Å². The Hall–Kier alpha value is -2.65. The maximum atomic E-state index is 14.1. The lowest BCUT2D eigenvalue weighted by molar-refractivity contribution is -0.152. The summed E-state index contributed by atoms with van der Waals surface area (Å²) in [7, 11) is -4.92. The predicted molar refractivity (Wildman–Crippen MR) is 107 cm³/mol. The molecule has 0 aromatic heterocycles. The number of carbonyl (C=O) groups excluding carboxylic acids is 1. The van der Waals surface area contributed by atoms with Gasteiger partial charge in [0.25, 0.3) is 0 Å². The zero-order valence-electron chi connectivity index (χ0n) is 17.5. The molecule has 6 nitrogen and oxygen atoms in total. The molecular formula is C21H21F5NO5P. The first-order valence-electron chi connectivity index (χ1n) is 10.2. The lowest BCUT2D eigenvalue weighted by Gasteiger charge is -2.26. The molecule has 1 fully saturated rings. The van der Waals surface area contributed by atoms with Gasteiger partial charge in [0.05, 0.1) is 0 Å². The van der Waals surface area contributed by atoms with Crippen LogP contribution in [0.5, 0.6) is 11.5 Å². The van der Waals surface area contributed by atoms with E-state index in [1.807, 2.05) is 0 Å². The highest BCUT2D eigenvalue weighted by Crippen LogP contribution is 2.47. The van der Waals surface area contributed by atoms with Crippen LogP contribution in [0.1, 0.15) is 39.0 Å². The molecule has 0 amide bonds. The Bertz CT molecular complexity index is 1020. The van der Waals surface area contributed by atoms with E-state index in [4.69, 9.17) is 13.8 Å². The number of para-hydroxylation sites is 1. The SMILES string of the molecule is C[C@H](NP(=O)(Oc1ccccc1)Oc1c(F)c(F)c(F)c(F)c1F)C(=O)OC1CCCCC1. The summed E-state index contributed by atoms with van der Waals surface area (Å²) in [6, 6.07) is 5.77. The van der Waals surface area contributed by atoms with Crippen LogP contribution in [0.3, 0.4) is 0 Å². The molecule has 12 heteroatoms. The van der Waals surface area contributed by atoms with E-state index in [2.05, 4.69) is 5.09 Å². The number of hydrogen-bond donors (Lipinski definition) is 1. The molecule has 2 aromatic rings. The number of ether oxygens (including phenoxy) is 1. The van der Waals surface area contributed by atoms with E-state index in [1.54, 1.807) is 6.07 Å². The topological polar surface area (TPSA) is 73.9 Å². The summed E-state index contributed by atoms with van der Waals surface area (Å²) in [5.41, 5.74) is 0. The maximum Gasteiger partial charge on any atom is 0.513 e. The fraction of sp³-hybridized carbons (Fsp3) is 0.381. The largest absolute Gasteiger partial charge is 0.513 e. The van der Waals surface area contributed by atoms with Gasteiger partial charge in [-0.15, -0.1) is 0 Å². The fourth-order valence-electron chi connectivity index (χ4n) is 3.22. The van der Waals surface area contributed by atoms with Crippen molar-refractivity contribution in [1.29, 1.82) is 0 Å². The van der Waals surface area contributed by atoms with Gasteiger partial charge in [-0.1, -0.05) is 24.6 Å². The van der Waals surface area contributed by atoms with Crippen molar-refractivity contribution in [2.24, 2.45) is 0 Å². The zero-order valence-corrected chi connectivity index (χ0v) is 18.3. The Morgan fingerprint density at radius 3 is 2.03 bits per heavy atom. The number of nitrogens with one attached hydrogen (secondary N) is 1. The molecule has 0 heterocycles. The second kappa shape index (κ2) is 10.5. The highest BCUT2D eigenvalue weighted by Gasteiger charge is 2.38. The minimum atomic E-state index is -4.92. The van der Waals surface area contributed by atoms with Crippen LogP contribution in [0.2, 0.25) is 0 Å². The third-order valence-corrected chi connectivity index (χ3v) is 6.47. The van der Waals surface area contributed by atoms with Crippen molar-refractivity contribution in [3.63, 3.8) is 0 Å². The van der Waals surface area contributed by atoms with Crippen molar-refractivity contribution >= 4 is 13.7 Å². The Morgan fingerprint density at radius 1 is 0.909 bits per heavy atom. The first-order chi connectivity index (χ1) is 15.6. The highest BCUT2D eigenvalue weighted by atomic mass is 31.2. The van der Waals surface area contributed by atoms with E-state index in [0.717, 1.165) is 19.3 Å². The molecule has 0 aliphatic heterocycles. The van der Waals surface area contributed by atoms with Crippen molar-refractivity contribution in [1.82, 2.24) is 5.09 Å². The monoisotopic (exact) mass is 493 g/mol. The van der Waals surface area contributed by atoms with Crippen molar-refractivity contribution in [2.75, 3.05) is 0 Å². The number of rotatable bonds is 8. The molecule has 0 radical (unpaired) electrons. The number of halogens is 5. The van der Waals surface area contributed by atoms with Crippen LogP contribution in [0.25, 0.3) is 0 Å². The third kappa shape index (κ3) is 6.03. The molecule has 0 saturated heterocycles. The molecule has 0 bridgehead atoms. The lowest BCUT2D eigenvalue weighted by Crippen LogP contribution is -2.38. The van der Waals surface area contributed by atoms with Crippen molar-refractivity contribution in [3.8, 4) is 11.5 Å². The van der Waals surface area contributed by atoms with E-state index in [-0.39, 0.29) is 11.9 Å². The zero-order chi connectivity index (χ0) is 24.2. The Balaban J connectivity index is 1.87. The van der Waals surface area contributed by atoms with E-state index in [0.29, 0.717) is 12.8 Å². The van der Waals surface area contributed by atoms with E-state index in [9.17, 15) is 31.3 Å². The minimum Gasteiger partial charge on any atom is -0.461 e. The quantitative estimate of drug-likeness (QED) is 0.165. The van der Waals surface area contributed by atoms with Crippen LogP contribution < -0.4 is 14.1 Å². The lowest BCUT2D eigenvalue weighted by atomic mass is 9.98. The molecular weight excluding hydrogens is 472 g/mol. The smallest absolute Gasteiger partial charge is 0.461 e. The van der Waals surface area contributed by atoms with Crippen LogP contribution >= 0.6 is 7.75 Å². The molecule has 1 aliphatic carbocycles. The summed E-state index contributed by atoms with van der Waals surface area (Å²) in [4.78, 5) is 12.4. The van der Waals surface area contributed by atoms with Gasteiger partial charge in [0.1, 0.15) is 17.9 Å². The number of benzene rings is 2.